The molecule has 1 saturated heterocycles. The maximum atomic E-state index is 14.7. The lowest BCUT2D eigenvalue weighted by molar-refractivity contribution is 0.437. The van der Waals surface area contributed by atoms with E-state index in [1.807, 2.05) is 0 Å². The Bertz CT molecular complexity index is 951. The average molecular weight is 391 g/mol. The van der Waals surface area contributed by atoms with E-state index < -0.39 is 5.82 Å². The van der Waals surface area contributed by atoms with Crippen LogP contribution in [0.5, 0.6) is 0 Å². The van der Waals surface area contributed by atoms with Crippen molar-refractivity contribution in [2.24, 2.45) is 5.92 Å². The molecule has 7 heteroatoms. The van der Waals surface area contributed by atoms with E-state index in [-0.39, 0.29) is 5.56 Å². The van der Waals surface area contributed by atoms with Gasteiger partial charge in [-0.25, -0.2) is 19.3 Å². The first-order valence-corrected chi connectivity index (χ1v) is 9.31. The van der Waals surface area contributed by atoms with E-state index in [1.165, 1.54) is 6.07 Å². The highest BCUT2D eigenvalue weighted by Crippen LogP contribution is 2.43. The number of piperidine rings is 1. The van der Waals surface area contributed by atoms with E-state index in [1.54, 1.807) is 24.5 Å². The third-order valence-corrected chi connectivity index (χ3v) is 5.52. The van der Waals surface area contributed by atoms with Crippen LogP contribution >= 0.6 is 23.2 Å². The monoisotopic (exact) mass is 390 g/mol. The Hall–Kier alpha value is -1.98. The first-order valence-electron chi connectivity index (χ1n) is 8.56. The molecule has 4 nitrogen and oxygen atoms in total. The zero-order valence-electron chi connectivity index (χ0n) is 14.2. The lowest BCUT2D eigenvalue weighted by Crippen LogP contribution is -2.34. The summed E-state index contributed by atoms with van der Waals surface area (Å²) < 4.78 is 14.7. The topological polar surface area (TPSA) is 41.9 Å². The predicted octanol–water partition coefficient (Wildman–Crippen LogP) is 5.37. The third-order valence-electron chi connectivity index (χ3n) is 4.84. The Morgan fingerprint density at radius 3 is 2.54 bits per heavy atom. The largest absolute Gasteiger partial charge is 0.356 e. The SMILES string of the molecule is CC1CCN(c2nc3nccnc3c(Cl)c2-c2c(F)cccc2Cl)CC1. The van der Waals surface area contributed by atoms with Crippen molar-refractivity contribution in [2.45, 2.75) is 19.8 Å². The minimum absolute atomic E-state index is 0.257. The second-order valence-electron chi connectivity index (χ2n) is 6.62. The molecule has 0 amide bonds. The van der Waals surface area contributed by atoms with Gasteiger partial charge in [-0.2, -0.15) is 0 Å². The lowest BCUT2D eigenvalue weighted by Gasteiger charge is -2.33. The summed E-state index contributed by atoms with van der Waals surface area (Å²) in [6, 6.07) is 4.60. The molecule has 0 aliphatic carbocycles. The summed E-state index contributed by atoms with van der Waals surface area (Å²) in [7, 11) is 0. The number of benzene rings is 1. The van der Waals surface area contributed by atoms with Gasteiger partial charge in [-0.05, 0) is 30.9 Å². The van der Waals surface area contributed by atoms with Gasteiger partial charge in [0, 0.05) is 36.6 Å². The van der Waals surface area contributed by atoms with Crippen LogP contribution in [0.25, 0.3) is 22.3 Å². The van der Waals surface area contributed by atoms with Crippen molar-refractivity contribution in [3.63, 3.8) is 0 Å². The smallest absolute Gasteiger partial charge is 0.181 e. The van der Waals surface area contributed by atoms with E-state index in [9.17, 15) is 4.39 Å². The number of hydrogen-bond donors (Lipinski definition) is 0. The summed E-state index contributed by atoms with van der Waals surface area (Å²) in [6.07, 6.45) is 5.21. The first-order chi connectivity index (χ1) is 12.6. The molecule has 3 aromatic rings. The fourth-order valence-corrected chi connectivity index (χ4v) is 3.92. The van der Waals surface area contributed by atoms with E-state index in [0.29, 0.717) is 38.5 Å². The molecule has 0 spiro atoms. The Labute approximate surface area is 161 Å². The standard InChI is InChI=1S/C19H17Cl2FN4/c1-11-5-9-26(10-6-11)19-15(14-12(20)3-2-4-13(14)22)16(21)17-18(25-19)24-8-7-23-17/h2-4,7-8,11H,5-6,9-10H2,1H3. The fourth-order valence-electron chi connectivity index (χ4n) is 3.35. The molecule has 134 valence electrons. The first kappa shape index (κ1) is 17.4. The number of hydrogen-bond acceptors (Lipinski definition) is 4. The highest BCUT2D eigenvalue weighted by atomic mass is 35.5. The molecule has 1 aliphatic rings. The molecule has 2 aromatic heterocycles. The molecule has 0 radical (unpaired) electrons. The van der Waals surface area contributed by atoms with Crippen LogP contribution in [0.3, 0.4) is 0 Å². The molecule has 1 fully saturated rings. The van der Waals surface area contributed by atoms with Gasteiger partial charge in [-0.15, -0.1) is 0 Å². The lowest BCUT2D eigenvalue weighted by atomic mass is 9.98. The second kappa shape index (κ2) is 6.97. The van der Waals surface area contributed by atoms with Gasteiger partial charge >= 0.3 is 0 Å². The van der Waals surface area contributed by atoms with Crippen molar-refractivity contribution in [2.75, 3.05) is 18.0 Å². The Balaban J connectivity index is 2.00. The summed E-state index contributed by atoms with van der Waals surface area (Å²) in [5, 5.41) is 0.618. The molecule has 26 heavy (non-hydrogen) atoms. The van der Waals surface area contributed by atoms with E-state index in [4.69, 9.17) is 23.2 Å². The number of aromatic nitrogens is 3. The molecular formula is C19H17Cl2FN4. The van der Waals surface area contributed by atoms with Gasteiger partial charge in [0.25, 0.3) is 0 Å². The second-order valence-corrected chi connectivity index (χ2v) is 7.40. The van der Waals surface area contributed by atoms with E-state index in [2.05, 4.69) is 26.8 Å². The highest BCUT2D eigenvalue weighted by molar-refractivity contribution is 6.40. The number of pyridine rings is 1. The summed E-state index contributed by atoms with van der Waals surface area (Å²) in [6.45, 7) is 3.89. The molecule has 0 bridgehead atoms. The van der Waals surface area contributed by atoms with Gasteiger partial charge in [-0.3, -0.25) is 0 Å². The molecule has 0 saturated carbocycles. The Kier molecular flexibility index (Phi) is 4.67. The van der Waals surface area contributed by atoms with Crippen molar-refractivity contribution >= 4 is 40.2 Å². The van der Waals surface area contributed by atoms with Crippen LogP contribution in [0.15, 0.2) is 30.6 Å². The van der Waals surface area contributed by atoms with Gasteiger partial charge in [0.1, 0.15) is 17.2 Å². The maximum Gasteiger partial charge on any atom is 0.181 e. The van der Waals surface area contributed by atoms with E-state index in [0.717, 1.165) is 25.9 Å². The predicted molar refractivity (Wildman–Crippen MR) is 103 cm³/mol. The van der Waals surface area contributed by atoms with Gasteiger partial charge in [0.2, 0.25) is 0 Å². The summed E-state index contributed by atoms with van der Waals surface area (Å²) >= 11 is 13.0. The molecule has 3 heterocycles. The third kappa shape index (κ3) is 2.99. The van der Waals surface area contributed by atoms with Crippen LogP contribution < -0.4 is 4.90 Å². The van der Waals surface area contributed by atoms with Gasteiger partial charge in [0.05, 0.1) is 10.0 Å². The van der Waals surface area contributed by atoms with Gasteiger partial charge in [0.15, 0.2) is 5.65 Å². The van der Waals surface area contributed by atoms with Crippen molar-refractivity contribution in [3.05, 3.63) is 46.5 Å². The van der Waals surface area contributed by atoms with Crippen LogP contribution in [0.4, 0.5) is 10.2 Å². The number of fused-ring (bicyclic) bond motifs is 1. The summed E-state index contributed by atoms with van der Waals surface area (Å²) in [5.41, 5.74) is 1.63. The van der Waals surface area contributed by atoms with Gasteiger partial charge < -0.3 is 4.90 Å². The fraction of sp³-hybridized carbons (Fsp3) is 0.316. The number of nitrogens with zero attached hydrogens (tertiary/aromatic N) is 4. The molecule has 0 N–H and O–H groups in total. The van der Waals surface area contributed by atoms with Crippen molar-refractivity contribution in [1.82, 2.24) is 15.0 Å². The van der Waals surface area contributed by atoms with Crippen LogP contribution in [0, 0.1) is 11.7 Å². The van der Waals surface area contributed by atoms with Crippen LogP contribution in [0.2, 0.25) is 10.0 Å². The van der Waals surface area contributed by atoms with Crippen LogP contribution in [0.1, 0.15) is 19.8 Å². The molecule has 1 aliphatic heterocycles. The maximum absolute atomic E-state index is 14.7. The molecule has 0 atom stereocenters. The summed E-state index contributed by atoms with van der Waals surface area (Å²) in [4.78, 5) is 15.4. The molecule has 0 unspecified atom stereocenters. The summed E-state index contributed by atoms with van der Waals surface area (Å²) in [5.74, 6) is 0.834. The molecular weight excluding hydrogens is 374 g/mol. The minimum Gasteiger partial charge on any atom is -0.356 e. The van der Waals surface area contributed by atoms with Crippen molar-refractivity contribution in [3.8, 4) is 11.1 Å². The van der Waals surface area contributed by atoms with Crippen LogP contribution in [-0.2, 0) is 0 Å². The normalized spacial score (nSPS) is 15.6. The number of anilines is 1. The number of rotatable bonds is 2. The highest BCUT2D eigenvalue weighted by Gasteiger charge is 2.27. The van der Waals surface area contributed by atoms with Crippen molar-refractivity contribution in [1.29, 1.82) is 0 Å². The number of halogens is 3. The Morgan fingerprint density at radius 1 is 1.08 bits per heavy atom. The Morgan fingerprint density at radius 2 is 1.81 bits per heavy atom. The zero-order valence-corrected chi connectivity index (χ0v) is 15.7. The van der Waals surface area contributed by atoms with Crippen LogP contribution in [-0.4, -0.2) is 28.0 Å². The quantitative estimate of drug-likeness (QED) is 0.589. The zero-order chi connectivity index (χ0) is 18.3. The van der Waals surface area contributed by atoms with Gasteiger partial charge in [-0.1, -0.05) is 36.2 Å². The van der Waals surface area contributed by atoms with Crippen molar-refractivity contribution < 1.29 is 4.39 Å². The minimum atomic E-state index is -0.434. The average Bonchev–Trinajstić information content (AvgIpc) is 2.64. The molecule has 4 rings (SSSR count). The van der Waals surface area contributed by atoms with E-state index >= 15 is 0 Å². The molecule has 1 aromatic carbocycles.